The summed E-state index contributed by atoms with van der Waals surface area (Å²) >= 11 is 11.9. The Kier molecular flexibility index (Phi) is 7.29. The van der Waals surface area contributed by atoms with Crippen LogP contribution in [0.1, 0.15) is 26.7 Å². The van der Waals surface area contributed by atoms with Crippen LogP contribution in [0.3, 0.4) is 0 Å². The maximum atomic E-state index is 12.8. The molecular weight excluding hydrogens is 357 g/mol. The van der Waals surface area contributed by atoms with E-state index in [4.69, 9.17) is 23.2 Å². The average Bonchev–Trinajstić information content (AvgIpc) is 2.61. The van der Waals surface area contributed by atoms with Gasteiger partial charge in [-0.2, -0.15) is 5.10 Å². The van der Waals surface area contributed by atoms with Crippen molar-refractivity contribution in [3.63, 3.8) is 0 Å². The molecule has 4 nitrogen and oxygen atoms in total. The first kappa shape index (κ1) is 19.3. The molecule has 2 rings (SSSR count). The molecule has 0 saturated carbocycles. The normalized spacial score (nSPS) is 11.5. The van der Waals surface area contributed by atoms with E-state index in [1.165, 1.54) is 0 Å². The lowest BCUT2D eigenvalue weighted by atomic mass is 9.97. The second-order valence-corrected chi connectivity index (χ2v) is 6.46. The van der Waals surface area contributed by atoms with Gasteiger partial charge in [-0.25, -0.2) is 0 Å². The number of carbonyl (C=O) groups excluding carboxylic acids is 1. The lowest BCUT2D eigenvalue weighted by Crippen LogP contribution is -2.30. The number of rotatable bonds is 7. The molecule has 0 heterocycles. The van der Waals surface area contributed by atoms with E-state index in [1.807, 2.05) is 26.0 Å². The van der Waals surface area contributed by atoms with E-state index in [0.717, 1.165) is 18.5 Å². The number of hydrogen-bond acceptors (Lipinski definition) is 3. The van der Waals surface area contributed by atoms with Crippen molar-refractivity contribution in [1.29, 1.82) is 0 Å². The fourth-order valence-electron chi connectivity index (χ4n) is 2.35. The van der Waals surface area contributed by atoms with Crippen molar-refractivity contribution in [2.75, 3.05) is 10.7 Å². The van der Waals surface area contributed by atoms with Crippen LogP contribution in [0.5, 0.6) is 0 Å². The number of Topliss-reactive ketones (excluding diaryl/α,β-unsaturated/α-hetero) is 1. The Bertz CT molecular complexity index is 741. The van der Waals surface area contributed by atoms with Crippen LogP contribution >= 0.6 is 23.2 Å². The van der Waals surface area contributed by atoms with Crippen molar-refractivity contribution in [3.8, 4) is 0 Å². The number of benzene rings is 2. The molecule has 0 aromatic heterocycles. The summed E-state index contributed by atoms with van der Waals surface area (Å²) in [6.45, 7) is 3.99. The van der Waals surface area contributed by atoms with Crippen molar-refractivity contribution in [2.24, 2.45) is 11.0 Å². The first-order valence-electron chi connectivity index (χ1n) is 8.19. The van der Waals surface area contributed by atoms with Gasteiger partial charge < -0.3 is 5.32 Å². The maximum Gasteiger partial charge on any atom is 0.202 e. The van der Waals surface area contributed by atoms with Crippen LogP contribution in [-0.4, -0.2) is 11.6 Å². The maximum absolute atomic E-state index is 12.8. The summed E-state index contributed by atoms with van der Waals surface area (Å²) in [4.78, 5) is 12.8. The van der Waals surface area contributed by atoms with E-state index in [2.05, 4.69) is 15.8 Å². The van der Waals surface area contributed by atoms with Crippen molar-refractivity contribution in [3.05, 3.63) is 58.6 Å². The average molecular weight is 378 g/mol. The van der Waals surface area contributed by atoms with Crippen LogP contribution in [0.2, 0.25) is 10.0 Å². The molecule has 132 valence electrons. The molecule has 0 amide bonds. The van der Waals surface area contributed by atoms with Crippen LogP contribution in [-0.2, 0) is 4.79 Å². The number of ketones is 1. The fourth-order valence-corrected chi connectivity index (χ4v) is 2.66. The SMILES string of the molecule is CCC(CC)C(=O)/C(=N/Nc1ccc(Cl)cc1)Nc1cccc(Cl)c1. The standard InChI is InChI=1S/C19H21Cl2N3O/c1-3-13(4-2)18(25)19(22-17-7-5-6-15(21)12-17)24-23-16-10-8-14(20)9-11-16/h5-13,23H,3-4H2,1-2H3,(H,22,24). The molecule has 2 aromatic carbocycles. The van der Waals surface area contributed by atoms with Gasteiger partial charge >= 0.3 is 0 Å². The van der Waals surface area contributed by atoms with Gasteiger partial charge in [-0.05, 0) is 55.3 Å². The molecule has 0 fully saturated rings. The Balaban J connectivity index is 2.25. The molecule has 0 saturated heterocycles. The minimum absolute atomic E-state index is 0.0357. The van der Waals surface area contributed by atoms with Gasteiger partial charge in [-0.15, -0.1) is 0 Å². The zero-order chi connectivity index (χ0) is 18.2. The van der Waals surface area contributed by atoms with Crippen LogP contribution in [0.25, 0.3) is 0 Å². The van der Waals surface area contributed by atoms with Gasteiger partial charge in [0.2, 0.25) is 5.78 Å². The predicted octanol–water partition coefficient (Wildman–Crippen LogP) is 5.84. The number of hydrogen-bond donors (Lipinski definition) is 2. The second-order valence-electron chi connectivity index (χ2n) is 5.59. The van der Waals surface area contributed by atoms with Crippen LogP contribution in [0, 0.1) is 5.92 Å². The highest BCUT2D eigenvalue weighted by Crippen LogP contribution is 2.18. The Morgan fingerprint density at radius 2 is 1.68 bits per heavy atom. The smallest absolute Gasteiger partial charge is 0.202 e. The van der Waals surface area contributed by atoms with Crippen molar-refractivity contribution < 1.29 is 4.79 Å². The molecule has 0 spiro atoms. The Morgan fingerprint density at radius 3 is 2.28 bits per heavy atom. The number of amidine groups is 1. The molecule has 0 aliphatic rings. The molecule has 25 heavy (non-hydrogen) atoms. The van der Waals surface area contributed by atoms with E-state index in [9.17, 15) is 4.79 Å². The number of carbonyl (C=O) groups is 1. The number of nitrogens with one attached hydrogen (secondary N) is 2. The van der Waals surface area contributed by atoms with E-state index >= 15 is 0 Å². The molecule has 6 heteroatoms. The molecule has 0 atom stereocenters. The van der Waals surface area contributed by atoms with Gasteiger partial charge in [0, 0.05) is 21.7 Å². The summed E-state index contributed by atoms with van der Waals surface area (Å²) in [6, 6.07) is 14.3. The third-order valence-electron chi connectivity index (χ3n) is 3.82. The first-order valence-corrected chi connectivity index (χ1v) is 8.95. The summed E-state index contributed by atoms with van der Waals surface area (Å²) in [6.07, 6.45) is 1.51. The summed E-state index contributed by atoms with van der Waals surface area (Å²) in [5, 5.41) is 8.59. The highest BCUT2D eigenvalue weighted by atomic mass is 35.5. The zero-order valence-electron chi connectivity index (χ0n) is 14.2. The minimum Gasteiger partial charge on any atom is -0.336 e. The summed E-state index contributed by atoms with van der Waals surface area (Å²) < 4.78 is 0. The van der Waals surface area contributed by atoms with Crippen molar-refractivity contribution in [2.45, 2.75) is 26.7 Å². The van der Waals surface area contributed by atoms with E-state index in [-0.39, 0.29) is 17.5 Å². The molecule has 0 radical (unpaired) electrons. The third-order valence-corrected chi connectivity index (χ3v) is 4.31. The quantitative estimate of drug-likeness (QED) is 0.362. The van der Waals surface area contributed by atoms with Gasteiger partial charge in [0.05, 0.1) is 5.69 Å². The molecule has 2 aromatic rings. The topological polar surface area (TPSA) is 53.5 Å². The van der Waals surface area contributed by atoms with Gasteiger partial charge in [-0.1, -0.05) is 43.1 Å². The third kappa shape index (κ3) is 5.76. The number of anilines is 2. The molecule has 0 bridgehead atoms. The Labute approximate surface area is 158 Å². The molecule has 2 N–H and O–H groups in total. The second kappa shape index (κ2) is 9.44. The first-order chi connectivity index (χ1) is 12.0. The summed E-state index contributed by atoms with van der Waals surface area (Å²) in [5.41, 5.74) is 4.36. The molecule has 0 aliphatic carbocycles. The van der Waals surface area contributed by atoms with Crippen molar-refractivity contribution in [1.82, 2.24) is 0 Å². The van der Waals surface area contributed by atoms with Gasteiger partial charge in [0.25, 0.3) is 0 Å². The summed E-state index contributed by atoms with van der Waals surface area (Å²) in [7, 11) is 0. The van der Waals surface area contributed by atoms with Gasteiger partial charge in [0.15, 0.2) is 5.84 Å². The van der Waals surface area contributed by atoms with Crippen LogP contribution < -0.4 is 10.7 Å². The van der Waals surface area contributed by atoms with Crippen LogP contribution in [0.4, 0.5) is 11.4 Å². The monoisotopic (exact) mass is 377 g/mol. The molecule has 0 aliphatic heterocycles. The largest absolute Gasteiger partial charge is 0.336 e. The van der Waals surface area contributed by atoms with Crippen LogP contribution in [0.15, 0.2) is 53.6 Å². The lowest BCUT2D eigenvalue weighted by molar-refractivity contribution is -0.116. The zero-order valence-corrected chi connectivity index (χ0v) is 15.7. The van der Waals surface area contributed by atoms with Crippen molar-refractivity contribution >= 4 is 46.2 Å². The highest BCUT2D eigenvalue weighted by molar-refractivity contribution is 6.44. The fraction of sp³-hybridized carbons (Fsp3) is 0.263. The van der Waals surface area contributed by atoms with Gasteiger partial charge in [-0.3, -0.25) is 10.2 Å². The van der Waals surface area contributed by atoms with E-state index in [1.54, 1.807) is 36.4 Å². The highest BCUT2D eigenvalue weighted by Gasteiger charge is 2.21. The van der Waals surface area contributed by atoms with E-state index < -0.39 is 0 Å². The molecular formula is C19H21Cl2N3O. The number of nitrogens with zero attached hydrogens (tertiary/aromatic N) is 1. The Morgan fingerprint density at radius 1 is 1.00 bits per heavy atom. The minimum atomic E-state index is -0.0857. The number of hydrazone groups is 1. The Hall–Kier alpha value is -2.04. The summed E-state index contributed by atoms with van der Waals surface area (Å²) in [5.74, 6) is 0.134. The van der Waals surface area contributed by atoms with E-state index in [0.29, 0.717) is 15.7 Å². The lowest BCUT2D eigenvalue weighted by Gasteiger charge is -2.15. The van der Waals surface area contributed by atoms with Gasteiger partial charge in [0.1, 0.15) is 0 Å². The molecule has 0 unspecified atom stereocenters. The number of halogens is 2. The predicted molar refractivity (Wildman–Crippen MR) is 107 cm³/mol.